The maximum absolute atomic E-state index is 6.10. The second-order valence-corrected chi connectivity index (χ2v) is 6.11. The molecule has 0 saturated carbocycles. The highest BCUT2D eigenvalue weighted by atomic mass is 35.5. The number of morpholine rings is 1. The standard InChI is InChI=1S/C10H13ClN2O.C6H4N2OS/c11-9-7-8(12)1-2-10(9)13-3-5-14-6-4-13;10-5-3-1-2-4-6(5)8-9-7-4/h1-2,7H,3-6,12H2;1-3,10H. The van der Waals surface area contributed by atoms with E-state index >= 15 is 0 Å². The van der Waals surface area contributed by atoms with Crippen LogP contribution in [-0.4, -0.2) is 36.6 Å². The highest BCUT2D eigenvalue weighted by Crippen LogP contribution is 2.28. The first-order chi connectivity index (χ1) is 11.6. The van der Waals surface area contributed by atoms with Gasteiger partial charge in [-0.05, 0) is 40.6 Å². The fourth-order valence-electron chi connectivity index (χ4n) is 2.38. The quantitative estimate of drug-likeness (QED) is 0.509. The van der Waals surface area contributed by atoms with Gasteiger partial charge in [-0.1, -0.05) is 17.7 Å². The van der Waals surface area contributed by atoms with Crippen LogP contribution in [0, 0.1) is 0 Å². The molecule has 1 aliphatic heterocycles. The maximum Gasteiger partial charge on any atom is 0.148 e. The topological polar surface area (TPSA) is 77.4 Å². The van der Waals surface area contributed by atoms with Crippen molar-refractivity contribution in [2.24, 2.45) is 0 Å². The summed E-state index contributed by atoms with van der Waals surface area (Å²) in [6, 6.07) is 11.1. The monoisotopic (exact) mass is 364 g/mol. The first-order valence-corrected chi connectivity index (χ1v) is 8.25. The van der Waals surface area contributed by atoms with E-state index in [2.05, 4.69) is 32.5 Å². The van der Waals surface area contributed by atoms with Crippen LogP contribution in [0.15, 0.2) is 45.9 Å². The molecule has 0 spiro atoms. The van der Waals surface area contributed by atoms with E-state index in [0.717, 1.165) is 42.4 Å². The molecule has 0 atom stereocenters. The smallest absolute Gasteiger partial charge is 0.148 e. The number of benzene rings is 2. The Bertz CT molecular complexity index is 821. The molecule has 0 bridgehead atoms. The van der Waals surface area contributed by atoms with Gasteiger partial charge in [0.05, 0.1) is 23.9 Å². The van der Waals surface area contributed by atoms with Crippen molar-refractivity contribution in [3.63, 3.8) is 0 Å². The van der Waals surface area contributed by atoms with Crippen LogP contribution in [0.3, 0.4) is 0 Å². The minimum atomic E-state index is 0.701. The third-order valence-corrected chi connectivity index (χ3v) is 4.25. The molecule has 2 aromatic carbocycles. The molecule has 6 nitrogen and oxygen atoms in total. The fraction of sp³-hybridized carbons (Fsp3) is 0.250. The fourth-order valence-corrected chi connectivity index (χ4v) is 2.93. The lowest BCUT2D eigenvalue weighted by molar-refractivity contribution is 0.122. The molecule has 1 saturated heterocycles. The predicted molar refractivity (Wildman–Crippen MR) is 98.0 cm³/mol. The SMILES string of the molecule is Nc1ccc(N2CCOCC2)c(Cl)c1.Sc1cccc2nonc12. The van der Waals surface area contributed by atoms with E-state index in [-0.39, 0.29) is 0 Å². The number of fused-ring (bicyclic) bond motifs is 1. The van der Waals surface area contributed by atoms with E-state index < -0.39 is 0 Å². The van der Waals surface area contributed by atoms with Gasteiger partial charge < -0.3 is 15.4 Å². The lowest BCUT2D eigenvalue weighted by Gasteiger charge is -2.29. The largest absolute Gasteiger partial charge is 0.399 e. The van der Waals surface area contributed by atoms with Crippen molar-refractivity contribution in [3.05, 3.63) is 41.4 Å². The van der Waals surface area contributed by atoms with Gasteiger partial charge in [0.15, 0.2) is 0 Å². The van der Waals surface area contributed by atoms with Crippen molar-refractivity contribution >= 4 is 46.6 Å². The van der Waals surface area contributed by atoms with E-state index in [1.165, 1.54) is 0 Å². The minimum absolute atomic E-state index is 0.701. The number of nitrogens with zero attached hydrogens (tertiary/aromatic N) is 3. The Kier molecular flexibility index (Phi) is 5.44. The van der Waals surface area contributed by atoms with Crippen LogP contribution in [-0.2, 0) is 4.74 Å². The maximum atomic E-state index is 6.10. The molecule has 0 aliphatic carbocycles. The van der Waals surface area contributed by atoms with E-state index in [1.54, 1.807) is 6.07 Å². The molecule has 1 aliphatic rings. The Hall–Kier alpha value is -1.96. The summed E-state index contributed by atoms with van der Waals surface area (Å²) in [4.78, 5) is 3.00. The molecule has 0 unspecified atom stereocenters. The van der Waals surface area contributed by atoms with E-state index in [1.807, 2.05) is 30.3 Å². The zero-order valence-corrected chi connectivity index (χ0v) is 14.5. The molecule has 1 aromatic heterocycles. The van der Waals surface area contributed by atoms with Crippen molar-refractivity contribution in [1.82, 2.24) is 10.3 Å². The molecule has 24 heavy (non-hydrogen) atoms. The number of nitrogens with two attached hydrogens (primary N) is 1. The molecule has 3 aromatic rings. The van der Waals surface area contributed by atoms with Crippen LogP contribution in [0.5, 0.6) is 0 Å². The number of hydrogen-bond donors (Lipinski definition) is 2. The Labute approximate surface area is 149 Å². The molecule has 126 valence electrons. The number of hydrogen-bond acceptors (Lipinski definition) is 7. The summed E-state index contributed by atoms with van der Waals surface area (Å²) in [5, 5.41) is 8.02. The third kappa shape index (κ3) is 3.92. The summed E-state index contributed by atoms with van der Waals surface area (Å²) in [7, 11) is 0. The van der Waals surface area contributed by atoms with Gasteiger partial charge in [0, 0.05) is 23.7 Å². The second kappa shape index (κ2) is 7.74. The summed E-state index contributed by atoms with van der Waals surface area (Å²) in [5.41, 5.74) is 8.83. The van der Waals surface area contributed by atoms with E-state index in [0.29, 0.717) is 16.2 Å². The van der Waals surface area contributed by atoms with Gasteiger partial charge in [-0.2, -0.15) is 0 Å². The highest BCUT2D eigenvalue weighted by molar-refractivity contribution is 7.80. The Morgan fingerprint density at radius 2 is 1.92 bits per heavy atom. The molecular weight excluding hydrogens is 348 g/mol. The lowest BCUT2D eigenvalue weighted by Crippen LogP contribution is -2.36. The van der Waals surface area contributed by atoms with Crippen LogP contribution >= 0.6 is 24.2 Å². The molecule has 0 amide bonds. The Morgan fingerprint density at radius 3 is 2.62 bits per heavy atom. The van der Waals surface area contributed by atoms with Crippen LogP contribution in [0.4, 0.5) is 11.4 Å². The molecule has 2 N–H and O–H groups in total. The van der Waals surface area contributed by atoms with Crippen molar-refractivity contribution in [2.45, 2.75) is 4.90 Å². The summed E-state index contributed by atoms with van der Waals surface area (Å²) in [5.74, 6) is 0. The van der Waals surface area contributed by atoms with Crippen molar-refractivity contribution in [3.8, 4) is 0 Å². The number of aromatic nitrogens is 2. The highest BCUT2D eigenvalue weighted by Gasteiger charge is 2.13. The molecule has 0 radical (unpaired) electrons. The molecular formula is C16H17ClN4O2S. The van der Waals surface area contributed by atoms with Gasteiger partial charge in [0.25, 0.3) is 0 Å². The Morgan fingerprint density at radius 1 is 1.12 bits per heavy atom. The predicted octanol–water partition coefficient (Wildman–Crippen LogP) is 3.27. The van der Waals surface area contributed by atoms with Crippen LogP contribution in [0.25, 0.3) is 11.0 Å². The van der Waals surface area contributed by atoms with Gasteiger partial charge in [0.2, 0.25) is 0 Å². The van der Waals surface area contributed by atoms with Crippen molar-refractivity contribution in [2.75, 3.05) is 36.9 Å². The van der Waals surface area contributed by atoms with E-state index in [4.69, 9.17) is 22.1 Å². The van der Waals surface area contributed by atoms with Crippen molar-refractivity contribution < 1.29 is 9.37 Å². The minimum Gasteiger partial charge on any atom is -0.399 e. The average molecular weight is 365 g/mol. The Balaban J connectivity index is 0.000000149. The molecule has 8 heteroatoms. The zero-order chi connectivity index (χ0) is 16.9. The summed E-state index contributed by atoms with van der Waals surface area (Å²) < 4.78 is 9.77. The van der Waals surface area contributed by atoms with Gasteiger partial charge in [-0.3, -0.25) is 0 Å². The average Bonchev–Trinajstić information content (AvgIpc) is 3.06. The number of thiol groups is 1. The number of halogens is 1. The van der Waals surface area contributed by atoms with Gasteiger partial charge in [-0.25, -0.2) is 4.63 Å². The number of anilines is 2. The lowest BCUT2D eigenvalue weighted by atomic mass is 10.2. The summed E-state index contributed by atoms with van der Waals surface area (Å²) in [6.45, 7) is 3.31. The van der Waals surface area contributed by atoms with Crippen LogP contribution in [0.2, 0.25) is 5.02 Å². The number of nitrogen functional groups attached to an aromatic ring is 1. The third-order valence-electron chi connectivity index (χ3n) is 3.59. The number of ether oxygens (including phenoxy) is 1. The zero-order valence-electron chi connectivity index (χ0n) is 12.9. The normalized spacial score (nSPS) is 14.3. The first-order valence-electron chi connectivity index (χ1n) is 7.43. The summed E-state index contributed by atoms with van der Waals surface area (Å²) >= 11 is 10.3. The van der Waals surface area contributed by atoms with Gasteiger partial charge in [0.1, 0.15) is 11.0 Å². The van der Waals surface area contributed by atoms with Gasteiger partial charge >= 0.3 is 0 Å². The van der Waals surface area contributed by atoms with E-state index in [9.17, 15) is 0 Å². The van der Waals surface area contributed by atoms with Crippen LogP contribution < -0.4 is 10.6 Å². The van der Waals surface area contributed by atoms with Crippen LogP contribution in [0.1, 0.15) is 0 Å². The molecule has 1 fully saturated rings. The summed E-state index contributed by atoms with van der Waals surface area (Å²) in [6.07, 6.45) is 0. The molecule has 4 rings (SSSR count). The van der Waals surface area contributed by atoms with Gasteiger partial charge in [-0.15, -0.1) is 12.6 Å². The van der Waals surface area contributed by atoms with Crippen molar-refractivity contribution in [1.29, 1.82) is 0 Å². The first kappa shape index (κ1) is 16.9. The second-order valence-electron chi connectivity index (χ2n) is 5.22. The molecule has 2 heterocycles. The number of rotatable bonds is 1.